The van der Waals surface area contributed by atoms with Crippen LogP contribution in [0.15, 0.2) is 0 Å². The predicted molar refractivity (Wildman–Crippen MR) is 60.8 cm³/mol. The molecule has 0 fully saturated rings. The molecular formula is C9H18N2O3S. The van der Waals surface area contributed by atoms with E-state index >= 15 is 0 Å². The van der Waals surface area contributed by atoms with Crippen LogP contribution in [0, 0.1) is 0 Å². The van der Waals surface area contributed by atoms with Crippen molar-refractivity contribution in [1.82, 2.24) is 4.90 Å². The number of nitrogens with two attached hydrogens (primary N) is 1. The number of hydrogen-bond donors (Lipinski definition) is 2. The Morgan fingerprint density at radius 2 is 2.07 bits per heavy atom. The van der Waals surface area contributed by atoms with E-state index in [1.165, 1.54) is 18.9 Å². The lowest BCUT2D eigenvalue weighted by atomic mass is 10.2. The number of thioether (sulfide) groups is 1. The third-order valence-electron chi connectivity index (χ3n) is 2.24. The Morgan fingerprint density at radius 3 is 2.47 bits per heavy atom. The van der Waals surface area contributed by atoms with Crippen LogP contribution >= 0.6 is 11.8 Å². The van der Waals surface area contributed by atoms with E-state index in [4.69, 9.17) is 10.8 Å². The van der Waals surface area contributed by atoms with Crippen molar-refractivity contribution >= 4 is 23.6 Å². The number of likely N-dealkylation sites (N-methyl/N-ethyl adjacent to an activating group) is 1. The van der Waals surface area contributed by atoms with Gasteiger partial charge in [0, 0.05) is 7.05 Å². The number of hydrogen-bond acceptors (Lipinski definition) is 4. The van der Waals surface area contributed by atoms with Gasteiger partial charge in [-0.15, -0.1) is 0 Å². The Hall–Kier alpha value is -0.750. The van der Waals surface area contributed by atoms with Crippen LogP contribution in [0.25, 0.3) is 0 Å². The Labute approximate surface area is 94.0 Å². The van der Waals surface area contributed by atoms with Crippen LogP contribution < -0.4 is 5.73 Å². The fraction of sp³-hybridized carbons (Fsp3) is 0.778. The van der Waals surface area contributed by atoms with Crippen molar-refractivity contribution in [2.75, 3.05) is 19.1 Å². The highest BCUT2D eigenvalue weighted by Crippen LogP contribution is 2.04. The van der Waals surface area contributed by atoms with Crippen LogP contribution in [0.2, 0.25) is 0 Å². The second-order valence-corrected chi connectivity index (χ2v) is 4.34. The Morgan fingerprint density at radius 1 is 1.53 bits per heavy atom. The second-order valence-electron chi connectivity index (χ2n) is 3.35. The lowest BCUT2D eigenvalue weighted by molar-refractivity contribution is -0.148. The number of carboxylic acid groups (broad SMARTS) is 1. The summed E-state index contributed by atoms with van der Waals surface area (Å²) in [5, 5.41) is 8.72. The number of carboxylic acids is 1. The molecule has 15 heavy (non-hydrogen) atoms. The topological polar surface area (TPSA) is 83.6 Å². The smallest absolute Gasteiger partial charge is 0.326 e. The molecule has 0 saturated heterocycles. The molecule has 0 spiro atoms. The fourth-order valence-corrected chi connectivity index (χ4v) is 1.48. The summed E-state index contributed by atoms with van der Waals surface area (Å²) in [7, 11) is 1.46. The van der Waals surface area contributed by atoms with Crippen molar-refractivity contribution in [2.24, 2.45) is 5.73 Å². The van der Waals surface area contributed by atoms with E-state index in [-0.39, 0.29) is 5.91 Å². The van der Waals surface area contributed by atoms with Gasteiger partial charge in [0.2, 0.25) is 5.91 Å². The van der Waals surface area contributed by atoms with E-state index in [0.717, 1.165) is 5.75 Å². The minimum atomic E-state index is -1.03. The summed E-state index contributed by atoms with van der Waals surface area (Å²) in [5.74, 6) is -0.552. The molecule has 3 N–H and O–H groups in total. The van der Waals surface area contributed by atoms with E-state index in [0.29, 0.717) is 6.42 Å². The van der Waals surface area contributed by atoms with Gasteiger partial charge in [-0.2, -0.15) is 11.8 Å². The van der Waals surface area contributed by atoms with E-state index in [1.54, 1.807) is 11.8 Å². The maximum absolute atomic E-state index is 11.6. The lowest BCUT2D eigenvalue weighted by Gasteiger charge is -2.24. The molecule has 6 heteroatoms. The summed E-state index contributed by atoms with van der Waals surface area (Å²) < 4.78 is 0. The van der Waals surface area contributed by atoms with Gasteiger partial charge in [0.05, 0.1) is 6.04 Å². The number of amides is 1. The van der Waals surface area contributed by atoms with E-state index < -0.39 is 18.1 Å². The molecule has 5 nitrogen and oxygen atoms in total. The Balaban J connectivity index is 4.24. The second kappa shape index (κ2) is 6.68. The standard InChI is InChI=1S/C9H18N2O3S/c1-6(9(13)14)11(2)8(12)7(10)4-5-15-3/h6-7H,4-5,10H2,1-3H3,(H,13,14)/t6?,7-/m1/s1. The van der Waals surface area contributed by atoms with E-state index in [9.17, 15) is 9.59 Å². The zero-order chi connectivity index (χ0) is 12.0. The number of aliphatic carboxylic acids is 1. The van der Waals surface area contributed by atoms with Crippen LogP contribution in [0.5, 0.6) is 0 Å². The van der Waals surface area contributed by atoms with Crippen LogP contribution in [-0.4, -0.2) is 53.0 Å². The van der Waals surface area contributed by atoms with Gasteiger partial charge in [0.15, 0.2) is 0 Å². The van der Waals surface area contributed by atoms with Gasteiger partial charge in [0.1, 0.15) is 6.04 Å². The number of carbonyl (C=O) groups is 2. The van der Waals surface area contributed by atoms with Gasteiger partial charge < -0.3 is 15.7 Å². The number of rotatable bonds is 6. The summed E-state index contributed by atoms with van der Waals surface area (Å²) >= 11 is 1.61. The SMILES string of the molecule is CSCC[C@@H](N)C(=O)N(C)C(C)C(=O)O. The molecule has 0 heterocycles. The molecule has 0 aromatic carbocycles. The minimum absolute atomic E-state index is 0.320. The average molecular weight is 234 g/mol. The first-order valence-corrected chi connectivity index (χ1v) is 6.05. The van der Waals surface area contributed by atoms with Gasteiger partial charge in [-0.3, -0.25) is 4.79 Å². The molecule has 0 aliphatic rings. The summed E-state index contributed by atoms with van der Waals surface area (Å²) in [6.45, 7) is 1.46. The molecular weight excluding hydrogens is 216 g/mol. The average Bonchev–Trinajstić information content (AvgIpc) is 2.22. The molecule has 0 aliphatic carbocycles. The quantitative estimate of drug-likeness (QED) is 0.676. The molecule has 1 amide bonds. The zero-order valence-corrected chi connectivity index (χ0v) is 10.1. The first kappa shape index (κ1) is 14.2. The summed E-state index contributed by atoms with van der Waals surface area (Å²) in [5.41, 5.74) is 5.64. The molecule has 0 aromatic heterocycles. The molecule has 0 saturated carbocycles. The molecule has 0 rings (SSSR count). The van der Waals surface area contributed by atoms with Crippen molar-refractivity contribution in [2.45, 2.75) is 25.4 Å². The third-order valence-corrected chi connectivity index (χ3v) is 2.88. The fourth-order valence-electron chi connectivity index (χ4n) is 0.986. The van der Waals surface area contributed by atoms with Crippen LogP contribution in [0.3, 0.4) is 0 Å². The maximum Gasteiger partial charge on any atom is 0.326 e. The third kappa shape index (κ3) is 4.53. The van der Waals surface area contributed by atoms with Crippen molar-refractivity contribution < 1.29 is 14.7 Å². The molecule has 2 atom stereocenters. The van der Waals surface area contributed by atoms with E-state index in [1.807, 2.05) is 6.26 Å². The van der Waals surface area contributed by atoms with Gasteiger partial charge in [-0.25, -0.2) is 4.79 Å². The van der Waals surface area contributed by atoms with Crippen LogP contribution in [0.1, 0.15) is 13.3 Å². The number of nitrogens with zero attached hydrogens (tertiary/aromatic N) is 1. The summed E-state index contributed by atoms with van der Waals surface area (Å²) in [4.78, 5) is 23.4. The molecule has 1 unspecified atom stereocenters. The van der Waals surface area contributed by atoms with Crippen molar-refractivity contribution in [3.8, 4) is 0 Å². The van der Waals surface area contributed by atoms with Gasteiger partial charge >= 0.3 is 5.97 Å². The summed E-state index contributed by atoms with van der Waals surface area (Å²) in [6, 6.07) is -1.44. The largest absolute Gasteiger partial charge is 0.480 e. The highest BCUT2D eigenvalue weighted by Gasteiger charge is 2.25. The highest BCUT2D eigenvalue weighted by atomic mass is 32.2. The minimum Gasteiger partial charge on any atom is -0.480 e. The molecule has 0 aromatic rings. The summed E-state index contributed by atoms with van der Waals surface area (Å²) in [6.07, 6.45) is 2.50. The first-order chi connectivity index (χ1) is 6.91. The van der Waals surface area contributed by atoms with Crippen molar-refractivity contribution in [1.29, 1.82) is 0 Å². The predicted octanol–water partition coefficient (Wildman–Crippen LogP) is -0.00170. The van der Waals surface area contributed by atoms with Crippen molar-refractivity contribution in [3.63, 3.8) is 0 Å². The van der Waals surface area contributed by atoms with Crippen molar-refractivity contribution in [3.05, 3.63) is 0 Å². The normalized spacial score (nSPS) is 14.4. The molecule has 0 aliphatic heterocycles. The molecule has 0 bridgehead atoms. The number of carbonyl (C=O) groups excluding carboxylic acids is 1. The van der Waals surface area contributed by atoms with E-state index in [2.05, 4.69) is 0 Å². The zero-order valence-electron chi connectivity index (χ0n) is 9.27. The lowest BCUT2D eigenvalue weighted by Crippen LogP contribution is -2.48. The van der Waals surface area contributed by atoms with Gasteiger partial charge in [-0.05, 0) is 25.4 Å². The molecule has 0 radical (unpaired) electrons. The monoisotopic (exact) mass is 234 g/mol. The molecule has 88 valence electrons. The Kier molecular flexibility index (Phi) is 6.35. The van der Waals surface area contributed by atoms with Gasteiger partial charge in [0.25, 0.3) is 0 Å². The highest BCUT2D eigenvalue weighted by molar-refractivity contribution is 7.98. The maximum atomic E-state index is 11.6. The van der Waals surface area contributed by atoms with Gasteiger partial charge in [-0.1, -0.05) is 0 Å². The Bertz CT molecular complexity index is 235. The van der Waals surface area contributed by atoms with Crippen LogP contribution in [0.4, 0.5) is 0 Å². The first-order valence-electron chi connectivity index (χ1n) is 4.65. The van der Waals surface area contributed by atoms with Crippen LogP contribution in [-0.2, 0) is 9.59 Å².